The van der Waals surface area contributed by atoms with Crippen molar-refractivity contribution in [1.82, 2.24) is 0 Å². The maximum Gasteiger partial charge on any atom is 0.233 e. The summed E-state index contributed by atoms with van der Waals surface area (Å²) in [6.07, 6.45) is 8.47. The molecular weight excluding hydrogens is 728 g/mol. The standard InChI is InChI=1S/C30H38Br4O3/c1-19-15-23(21(7-3-11-31)8-4-12-32)17-25-27(19)35-30-26-18-24(22(9-5-13-33)10-6-14-34)16-20(2)28(26)36-29(25)37-30/h15-18,21-22,29-30H,3-14H2,1-2H3. The number of halogens is 4. The van der Waals surface area contributed by atoms with E-state index < -0.39 is 12.6 Å². The molecular formula is C30H38Br4O3. The van der Waals surface area contributed by atoms with Gasteiger partial charge in [-0.05, 0) is 111 Å². The van der Waals surface area contributed by atoms with Crippen molar-refractivity contribution in [3.63, 3.8) is 0 Å². The third-order valence-electron chi connectivity index (χ3n) is 7.54. The summed E-state index contributed by atoms with van der Waals surface area (Å²) in [4.78, 5) is 0. The minimum Gasteiger partial charge on any atom is -0.459 e. The monoisotopic (exact) mass is 762 g/mol. The van der Waals surface area contributed by atoms with Gasteiger partial charge >= 0.3 is 0 Å². The predicted molar refractivity (Wildman–Crippen MR) is 168 cm³/mol. The summed E-state index contributed by atoms with van der Waals surface area (Å²) in [6, 6.07) is 9.21. The van der Waals surface area contributed by atoms with E-state index in [9.17, 15) is 0 Å². The Labute approximate surface area is 256 Å². The molecule has 0 radical (unpaired) electrons. The Morgan fingerprint density at radius 2 is 0.946 bits per heavy atom. The van der Waals surface area contributed by atoms with E-state index in [1.807, 2.05) is 0 Å². The van der Waals surface area contributed by atoms with Crippen LogP contribution in [0.3, 0.4) is 0 Å². The zero-order chi connectivity index (χ0) is 26.4. The first-order valence-corrected chi connectivity index (χ1v) is 18.0. The number of hydrogen-bond acceptors (Lipinski definition) is 3. The van der Waals surface area contributed by atoms with Crippen LogP contribution in [0.4, 0.5) is 0 Å². The Morgan fingerprint density at radius 3 is 1.27 bits per heavy atom. The molecule has 0 amide bonds. The van der Waals surface area contributed by atoms with E-state index in [0.29, 0.717) is 11.8 Å². The Balaban J connectivity index is 1.64. The second-order valence-electron chi connectivity index (χ2n) is 10.3. The summed E-state index contributed by atoms with van der Waals surface area (Å²) in [5.41, 5.74) is 7.12. The Bertz CT molecular complexity index is 946. The van der Waals surface area contributed by atoms with Crippen LogP contribution in [0.15, 0.2) is 24.3 Å². The Hall–Kier alpha value is -0.0800. The van der Waals surface area contributed by atoms with Crippen molar-refractivity contribution in [2.45, 2.75) is 89.6 Å². The van der Waals surface area contributed by atoms with Crippen LogP contribution in [0, 0.1) is 13.8 Å². The molecule has 0 saturated heterocycles. The van der Waals surface area contributed by atoms with Gasteiger partial charge in [-0.2, -0.15) is 0 Å². The molecule has 3 nitrogen and oxygen atoms in total. The van der Waals surface area contributed by atoms with Crippen molar-refractivity contribution >= 4 is 63.7 Å². The fraction of sp³-hybridized carbons (Fsp3) is 0.600. The zero-order valence-electron chi connectivity index (χ0n) is 21.8. The van der Waals surface area contributed by atoms with Crippen molar-refractivity contribution in [3.05, 3.63) is 57.6 Å². The molecule has 0 spiro atoms. The number of rotatable bonds is 14. The average molecular weight is 766 g/mol. The third-order valence-corrected chi connectivity index (χ3v) is 9.79. The van der Waals surface area contributed by atoms with Gasteiger partial charge in [0.2, 0.25) is 12.6 Å². The molecule has 2 atom stereocenters. The second-order valence-corrected chi connectivity index (χ2v) is 13.4. The summed E-state index contributed by atoms with van der Waals surface area (Å²) in [7, 11) is 0. The Kier molecular flexibility index (Phi) is 11.7. The fourth-order valence-corrected chi connectivity index (χ4v) is 7.00. The van der Waals surface area contributed by atoms with E-state index in [0.717, 1.165) is 43.9 Å². The maximum atomic E-state index is 6.58. The molecule has 2 heterocycles. The van der Waals surface area contributed by atoms with E-state index in [2.05, 4.69) is 102 Å². The fourth-order valence-electron chi connectivity index (χ4n) is 5.71. The van der Waals surface area contributed by atoms with Crippen molar-refractivity contribution in [2.75, 3.05) is 21.3 Å². The van der Waals surface area contributed by atoms with Crippen LogP contribution < -0.4 is 9.47 Å². The van der Waals surface area contributed by atoms with Gasteiger partial charge in [-0.1, -0.05) is 75.9 Å². The highest BCUT2D eigenvalue weighted by molar-refractivity contribution is 9.09. The molecule has 2 aliphatic heterocycles. The molecule has 7 heteroatoms. The summed E-state index contributed by atoms with van der Waals surface area (Å²) in [5.74, 6) is 2.89. The van der Waals surface area contributed by atoms with Crippen LogP contribution in [0.2, 0.25) is 0 Å². The number of ether oxygens (including phenoxy) is 3. The minimum absolute atomic E-state index is 0.435. The summed E-state index contributed by atoms with van der Waals surface area (Å²) in [6.45, 7) is 4.32. The first kappa shape index (κ1) is 29.9. The quantitative estimate of drug-likeness (QED) is 0.179. The van der Waals surface area contributed by atoms with Gasteiger partial charge in [0.25, 0.3) is 0 Å². The highest BCUT2D eigenvalue weighted by Gasteiger charge is 2.40. The summed E-state index contributed by atoms with van der Waals surface area (Å²) in [5, 5.41) is 4.14. The van der Waals surface area contributed by atoms with Crippen molar-refractivity contribution < 1.29 is 14.2 Å². The maximum absolute atomic E-state index is 6.58. The second kappa shape index (κ2) is 14.5. The summed E-state index contributed by atoms with van der Waals surface area (Å²) < 4.78 is 19.6. The van der Waals surface area contributed by atoms with Crippen LogP contribution >= 0.6 is 63.7 Å². The van der Waals surface area contributed by atoms with Crippen LogP contribution in [0.25, 0.3) is 0 Å². The van der Waals surface area contributed by atoms with Gasteiger partial charge in [-0.15, -0.1) is 0 Å². The van der Waals surface area contributed by atoms with E-state index >= 15 is 0 Å². The highest BCUT2D eigenvalue weighted by atomic mass is 79.9. The molecule has 2 bridgehead atoms. The van der Waals surface area contributed by atoms with Gasteiger partial charge in [-0.25, -0.2) is 0 Å². The van der Waals surface area contributed by atoms with Gasteiger partial charge in [0.15, 0.2) is 0 Å². The molecule has 37 heavy (non-hydrogen) atoms. The minimum atomic E-state index is -0.435. The van der Waals surface area contributed by atoms with Crippen LogP contribution in [-0.4, -0.2) is 21.3 Å². The van der Waals surface area contributed by atoms with E-state index in [1.54, 1.807) is 0 Å². The lowest BCUT2D eigenvalue weighted by Crippen LogP contribution is -2.31. The molecule has 2 aromatic rings. The van der Waals surface area contributed by atoms with E-state index in [1.165, 1.54) is 73.6 Å². The number of hydrogen-bond donors (Lipinski definition) is 0. The SMILES string of the molecule is Cc1cc(C(CCCBr)CCCBr)cc2c1OC1OC2Oc2c(C)cc(C(CCCBr)CCCBr)cc21. The van der Waals surface area contributed by atoms with Crippen molar-refractivity contribution in [2.24, 2.45) is 0 Å². The van der Waals surface area contributed by atoms with Crippen molar-refractivity contribution in [1.29, 1.82) is 0 Å². The highest BCUT2D eigenvalue weighted by Crippen LogP contribution is 2.51. The molecule has 2 aromatic carbocycles. The average Bonchev–Trinajstić information content (AvgIpc) is 2.90. The molecule has 0 N–H and O–H groups in total. The lowest BCUT2D eigenvalue weighted by molar-refractivity contribution is -0.228. The summed E-state index contributed by atoms with van der Waals surface area (Å²) >= 11 is 14.5. The van der Waals surface area contributed by atoms with Gasteiger partial charge in [0.1, 0.15) is 11.5 Å². The number of alkyl halides is 4. The third kappa shape index (κ3) is 7.17. The van der Waals surface area contributed by atoms with Gasteiger partial charge in [0.05, 0.1) is 11.1 Å². The predicted octanol–water partition coefficient (Wildman–Crippen LogP) is 10.7. The first-order chi connectivity index (χ1) is 18.0. The van der Waals surface area contributed by atoms with Gasteiger partial charge in [-0.3, -0.25) is 4.74 Å². The van der Waals surface area contributed by atoms with E-state index in [-0.39, 0.29) is 0 Å². The smallest absolute Gasteiger partial charge is 0.233 e. The molecule has 204 valence electrons. The number of aryl methyl sites for hydroxylation is 2. The van der Waals surface area contributed by atoms with Gasteiger partial charge in [0, 0.05) is 21.3 Å². The largest absolute Gasteiger partial charge is 0.459 e. The number of benzene rings is 2. The lowest BCUT2D eigenvalue weighted by Gasteiger charge is -2.40. The van der Waals surface area contributed by atoms with E-state index in [4.69, 9.17) is 14.2 Å². The first-order valence-electron chi connectivity index (χ1n) is 13.5. The number of fused-ring (bicyclic) bond motifs is 6. The van der Waals surface area contributed by atoms with Crippen LogP contribution in [0.1, 0.15) is 109 Å². The van der Waals surface area contributed by atoms with Gasteiger partial charge < -0.3 is 9.47 Å². The molecule has 0 aliphatic carbocycles. The molecule has 0 aromatic heterocycles. The van der Waals surface area contributed by atoms with Crippen LogP contribution in [0.5, 0.6) is 11.5 Å². The lowest BCUT2D eigenvalue weighted by atomic mass is 9.86. The molecule has 2 aliphatic rings. The normalized spacial score (nSPS) is 17.9. The Morgan fingerprint density at radius 1 is 0.595 bits per heavy atom. The molecule has 4 rings (SSSR count). The van der Waals surface area contributed by atoms with Crippen molar-refractivity contribution in [3.8, 4) is 11.5 Å². The van der Waals surface area contributed by atoms with Crippen LogP contribution in [-0.2, 0) is 4.74 Å². The molecule has 0 saturated carbocycles. The zero-order valence-corrected chi connectivity index (χ0v) is 28.2. The molecule has 2 unspecified atom stereocenters. The molecule has 0 fully saturated rings. The topological polar surface area (TPSA) is 27.7 Å².